The predicted molar refractivity (Wildman–Crippen MR) is 59.9 cm³/mol. The van der Waals surface area contributed by atoms with Gasteiger partial charge in [0.1, 0.15) is 0 Å². The van der Waals surface area contributed by atoms with Gasteiger partial charge in [0, 0.05) is 12.8 Å². The lowest BCUT2D eigenvalue weighted by Crippen LogP contribution is -2.04. The van der Waals surface area contributed by atoms with E-state index in [-0.39, 0.29) is 18.7 Å². The van der Waals surface area contributed by atoms with Crippen LogP contribution in [-0.2, 0) is 0 Å². The summed E-state index contributed by atoms with van der Waals surface area (Å²) >= 11 is 0. The number of aliphatic hydroxyl groups is 2. The molecule has 0 aromatic heterocycles. The van der Waals surface area contributed by atoms with Crippen LogP contribution in [0.2, 0.25) is 0 Å². The standard InChI is InChI=1S/C12H18F2O2/c1-2-4-11(14)6-3-5-10(7-8-13)9-12(15)16/h4-5,7-8,12,15-16H,2-3,6,9H2,1H3/b8-7+,10-5+,11-4+. The SMILES string of the molecule is CC/C=C(/F)CC/C=C(\C=C\F)CC(O)O. The monoisotopic (exact) mass is 232 g/mol. The maximum absolute atomic E-state index is 12.9. The van der Waals surface area contributed by atoms with E-state index in [2.05, 4.69) is 0 Å². The van der Waals surface area contributed by atoms with E-state index in [0.29, 0.717) is 24.7 Å². The van der Waals surface area contributed by atoms with E-state index in [9.17, 15) is 8.78 Å². The van der Waals surface area contributed by atoms with Crippen molar-refractivity contribution in [3.8, 4) is 0 Å². The first-order valence-electron chi connectivity index (χ1n) is 5.26. The van der Waals surface area contributed by atoms with Crippen molar-refractivity contribution in [1.29, 1.82) is 0 Å². The Balaban J connectivity index is 4.18. The average molecular weight is 232 g/mol. The summed E-state index contributed by atoms with van der Waals surface area (Å²) in [6.07, 6.45) is 4.28. The fourth-order valence-electron chi connectivity index (χ4n) is 1.23. The molecule has 0 bridgehead atoms. The molecule has 0 saturated carbocycles. The molecule has 0 aliphatic heterocycles. The van der Waals surface area contributed by atoms with Gasteiger partial charge in [-0.3, -0.25) is 0 Å². The van der Waals surface area contributed by atoms with Crippen molar-refractivity contribution in [2.24, 2.45) is 0 Å². The van der Waals surface area contributed by atoms with Crippen LogP contribution in [0.1, 0.15) is 32.6 Å². The summed E-state index contributed by atoms with van der Waals surface area (Å²) in [6.45, 7) is 1.84. The third-order valence-electron chi connectivity index (χ3n) is 1.91. The van der Waals surface area contributed by atoms with E-state index in [0.717, 1.165) is 6.08 Å². The van der Waals surface area contributed by atoms with Gasteiger partial charge >= 0.3 is 0 Å². The second kappa shape index (κ2) is 9.24. The minimum Gasteiger partial charge on any atom is -0.368 e. The van der Waals surface area contributed by atoms with Gasteiger partial charge in [-0.05, 0) is 24.5 Å². The number of rotatable bonds is 7. The van der Waals surface area contributed by atoms with Crippen LogP contribution in [0.25, 0.3) is 0 Å². The van der Waals surface area contributed by atoms with Crippen molar-refractivity contribution in [2.45, 2.75) is 38.9 Å². The van der Waals surface area contributed by atoms with E-state index >= 15 is 0 Å². The molecule has 0 amide bonds. The number of allylic oxidation sites excluding steroid dienone is 4. The van der Waals surface area contributed by atoms with Crippen molar-refractivity contribution in [1.82, 2.24) is 0 Å². The molecule has 0 aliphatic carbocycles. The van der Waals surface area contributed by atoms with E-state index in [1.165, 1.54) is 6.08 Å². The number of hydrogen-bond donors (Lipinski definition) is 2. The second-order valence-corrected chi connectivity index (χ2v) is 3.35. The van der Waals surface area contributed by atoms with Gasteiger partial charge in [-0.25, -0.2) is 8.78 Å². The van der Waals surface area contributed by atoms with Crippen LogP contribution in [0.5, 0.6) is 0 Å². The molecular weight excluding hydrogens is 214 g/mol. The number of halogens is 2. The van der Waals surface area contributed by atoms with Crippen molar-refractivity contribution in [3.05, 3.63) is 36.0 Å². The quantitative estimate of drug-likeness (QED) is 0.523. The highest BCUT2D eigenvalue weighted by molar-refractivity contribution is 5.17. The predicted octanol–water partition coefficient (Wildman–Crippen LogP) is 3.14. The van der Waals surface area contributed by atoms with E-state index < -0.39 is 6.29 Å². The molecule has 0 radical (unpaired) electrons. The van der Waals surface area contributed by atoms with Crippen LogP contribution in [-0.4, -0.2) is 16.5 Å². The zero-order valence-corrected chi connectivity index (χ0v) is 9.37. The molecule has 0 saturated heterocycles. The van der Waals surface area contributed by atoms with Gasteiger partial charge in [0.25, 0.3) is 0 Å². The number of hydrogen-bond acceptors (Lipinski definition) is 2. The molecule has 0 atom stereocenters. The first kappa shape index (κ1) is 15.0. The Kier molecular flexibility index (Phi) is 8.66. The molecule has 0 heterocycles. The van der Waals surface area contributed by atoms with Crippen LogP contribution in [0, 0.1) is 0 Å². The minimum absolute atomic E-state index is 0.0560. The second-order valence-electron chi connectivity index (χ2n) is 3.35. The van der Waals surface area contributed by atoms with Crippen LogP contribution in [0.15, 0.2) is 36.0 Å². The molecule has 0 unspecified atom stereocenters. The van der Waals surface area contributed by atoms with Crippen LogP contribution >= 0.6 is 0 Å². The van der Waals surface area contributed by atoms with Gasteiger partial charge in [-0.15, -0.1) is 0 Å². The molecule has 0 rings (SSSR count). The summed E-state index contributed by atoms with van der Waals surface area (Å²) in [5.41, 5.74) is 0.446. The molecule has 92 valence electrons. The summed E-state index contributed by atoms with van der Waals surface area (Å²) in [5.74, 6) is -0.202. The Morgan fingerprint density at radius 2 is 2.00 bits per heavy atom. The van der Waals surface area contributed by atoms with E-state index in [4.69, 9.17) is 10.2 Å². The first-order chi connectivity index (χ1) is 7.60. The average Bonchev–Trinajstić information content (AvgIpc) is 2.17. The normalized spacial score (nSPS) is 14.1. The summed E-state index contributed by atoms with van der Waals surface area (Å²) in [6, 6.07) is 0. The lowest BCUT2D eigenvalue weighted by atomic mass is 10.1. The zero-order chi connectivity index (χ0) is 12.4. The molecule has 0 aromatic carbocycles. The Morgan fingerprint density at radius 1 is 1.31 bits per heavy atom. The topological polar surface area (TPSA) is 40.5 Å². The molecule has 16 heavy (non-hydrogen) atoms. The molecule has 0 spiro atoms. The molecule has 2 nitrogen and oxygen atoms in total. The molecular formula is C12H18F2O2. The highest BCUT2D eigenvalue weighted by Gasteiger charge is 2.01. The van der Waals surface area contributed by atoms with Gasteiger partial charge in [0.2, 0.25) is 0 Å². The molecule has 0 aliphatic rings. The van der Waals surface area contributed by atoms with Crippen LogP contribution in [0.4, 0.5) is 8.78 Å². The zero-order valence-electron chi connectivity index (χ0n) is 9.37. The minimum atomic E-state index is -1.52. The third-order valence-corrected chi connectivity index (χ3v) is 1.91. The molecule has 0 fully saturated rings. The third kappa shape index (κ3) is 8.32. The van der Waals surface area contributed by atoms with E-state index in [1.54, 1.807) is 6.08 Å². The highest BCUT2D eigenvalue weighted by atomic mass is 19.1. The molecule has 0 aromatic rings. The van der Waals surface area contributed by atoms with Crippen molar-refractivity contribution >= 4 is 0 Å². The Labute approximate surface area is 94.6 Å². The van der Waals surface area contributed by atoms with Gasteiger partial charge in [-0.2, -0.15) is 0 Å². The summed E-state index contributed by atoms with van der Waals surface area (Å²) in [7, 11) is 0. The van der Waals surface area contributed by atoms with Crippen LogP contribution < -0.4 is 0 Å². The highest BCUT2D eigenvalue weighted by Crippen LogP contribution is 2.13. The van der Waals surface area contributed by atoms with Gasteiger partial charge in [0.05, 0.1) is 12.2 Å². The molecule has 2 N–H and O–H groups in total. The van der Waals surface area contributed by atoms with Crippen molar-refractivity contribution < 1.29 is 19.0 Å². The van der Waals surface area contributed by atoms with Crippen LogP contribution in [0.3, 0.4) is 0 Å². The summed E-state index contributed by atoms with van der Waals surface area (Å²) < 4.78 is 24.9. The lowest BCUT2D eigenvalue weighted by molar-refractivity contribution is -0.0375. The van der Waals surface area contributed by atoms with E-state index in [1.807, 2.05) is 6.92 Å². The maximum Gasteiger partial charge on any atom is 0.155 e. The van der Waals surface area contributed by atoms with Crippen molar-refractivity contribution in [2.75, 3.05) is 0 Å². The van der Waals surface area contributed by atoms with Gasteiger partial charge in [-0.1, -0.05) is 19.1 Å². The Hall–Kier alpha value is -1.00. The number of aliphatic hydroxyl groups excluding tert-OH is 1. The Bertz CT molecular complexity index is 268. The van der Waals surface area contributed by atoms with Crippen molar-refractivity contribution in [3.63, 3.8) is 0 Å². The first-order valence-corrected chi connectivity index (χ1v) is 5.26. The fraction of sp³-hybridized carbons (Fsp3) is 0.500. The van der Waals surface area contributed by atoms with Gasteiger partial charge < -0.3 is 10.2 Å². The Morgan fingerprint density at radius 3 is 2.50 bits per heavy atom. The lowest BCUT2D eigenvalue weighted by Gasteiger charge is -2.04. The smallest absolute Gasteiger partial charge is 0.155 e. The maximum atomic E-state index is 12.9. The fourth-order valence-corrected chi connectivity index (χ4v) is 1.23. The molecule has 4 heteroatoms. The summed E-state index contributed by atoms with van der Waals surface area (Å²) in [5, 5.41) is 17.4. The largest absolute Gasteiger partial charge is 0.368 e. The summed E-state index contributed by atoms with van der Waals surface area (Å²) in [4.78, 5) is 0. The van der Waals surface area contributed by atoms with Gasteiger partial charge in [0.15, 0.2) is 6.29 Å².